The largest absolute Gasteiger partial charge is 0.466 e. The van der Waals surface area contributed by atoms with Crippen LogP contribution in [0.4, 0.5) is 0 Å². The maximum atomic E-state index is 10.9. The lowest BCUT2D eigenvalue weighted by atomic mass is 10.3. The number of pyridine rings is 1. The second-order valence-electron chi connectivity index (χ2n) is 4.47. The molecular weight excluding hydrogens is 438 g/mol. The van der Waals surface area contributed by atoms with E-state index in [9.17, 15) is 9.59 Å². The lowest BCUT2D eigenvalue weighted by molar-refractivity contribution is 0.0999. The summed E-state index contributed by atoms with van der Waals surface area (Å²) in [4.78, 5) is 80.8. The zero-order chi connectivity index (χ0) is 22.7. The van der Waals surface area contributed by atoms with Crippen molar-refractivity contribution >= 4 is 32.7 Å². The Hall–Kier alpha value is -2.81. The van der Waals surface area contributed by atoms with Crippen molar-refractivity contribution in [1.82, 2.24) is 24.9 Å². The summed E-state index contributed by atoms with van der Waals surface area (Å²) in [5, 5.41) is 0. The average Bonchev–Trinajstić information content (AvgIpc) is 3.03. The minimum Gasteiger partial charge on any atom is -0.366 e. The number of phosphoric acid groups is 2. The number of rotatable bonds is 1. The molecule has 0 atom stereocenters. The topological polar surface area (TPSA) is 286 Å². The second kappa shape index (κ2) is 11.9. The fraction of sp³-hybridized carbons (Fsp3) is 0. The maximum Gasteiger partial charge on any atom is 0.466 e. The SMILES string of the molecule is NC(=O)c1cccnc1.O=P(O)(O)O.O=P(O)(O)O.O=c1[nH]cnc2nc[nH]c12. The summed E-state index contributed by atoms with van der Waals surface area (Å²) in [7, 11) is -9.28. The summed E-state index contributed by atoms with van der Waals surface area (Å²) in [6.07, 6.45) is 5.78. The van der Waals surface area contributed by atoms with Gasteiger partial charge in [-0.15, -0.1) is 0 Å². The van der Waals surface area contributed by atoms with Gasteiger partial charge in [0.2, 0.25) is 5.91 Å². The first-order valence-corrected chi connectivity index (χ1v) is 9.94. The molecule has 16 nitrogen and oxygen atoms in total. The molecule has 0 fully saturated rings. The van der Waals surface area contributed by atoms with Gasteiger partial charge < -0.3 is 45.1 Å². The van der Waals surface area contributed by atoms with E-state index in [1.54, 1.807) is 18.3 Å². The van der Waals surface area contributed by atoms with Crippen LogP contribution in [-0.2, 0) is 9.13 Å². The first-order chi connectivity index (χ1) is 13.2. The number of nitrogens with one attached hydrogen (secondary N) is 2. The van der Waals surface area contributed by atoms with E-state index >= 15 is 0 Å². The molecular formula is C11H16N6O10P2. The number of nitrogens with two attached hydrogens (primary N) is 1. The Kier molecular flexibility index (Phi) is 10.7. The van der Waals surface area contributed by atoms with Gasteiger partial charge in [0.15, 0.2) is 11.2 Å². The fourth-order valence-corrected chi connectivity index (χ4v) is 1.28. The number of amides is 1. The highest BCUT2D eigenvalue weighted by molar-refractivity contribution is 7.45. The molecule has 0 aliphatic heterocycles. The number of primary amides is 1. The van der Waals surface area contributed by atoms with Gasteiger partial charge >= 0.3 is 15.6 Å². The molecule has 3 rings (SSSR count). The highest BCUT2D eigenvalue weighted by atomic mass is 31.2. The van der Waals surface area contributed by atoms with Crippen LogP contribution in [0.2, 0.25) is 0 Å². The number of hydrogen-bond donors (Lipinski definition) is 9. The van der Waals surface area contributed by atoms with Crippen LogP contribution in [0.3, 0.4) is 0 Å². The number of H-pyrrole nitrogens is 2. The number of aromatic amines is 2. The van der Waals surface area contributed by atoms with Crippen molar-refractivity contribution in [3.05, 3.63) is 53.1 Å². The van der Waals surface area contributed by atoms with Crippen molar-refractivity contribution in [2.75, 3.05) is 0 Å². The van der Waals surface area contributed by atoms with Crippen molar-refractivity contribution in [2.24, 2.45) is 5.73 Å². The Morgan fingerprint density at radius 2 is 1.45 bits per heavy atom. The molecule has 3 aromatic rings. The van der Waals surface area contributed by atoms with Crippen molar-refractivity contribution in [3.63, 3.8) is 0 Å². The third kappa shape index (κ3) is 15.9. The molecule has 3 heterocycles. The third-order valence-corrected chi connectivity index (χ3v) is 2.17. The maximum absolute atomic E-state index is 10.9. The summed E-state index contributed by atoms with van der Waals surface area (Å²) in [6.45, 7) is 0. The van der Waals surface area contributed by atoms with Gasteiger partial charge in [0.25, 0.3) is 5.56 Å². The highest BCUT2D eigenvalue weighted by Gasteiger charge is 2.01. The van der Waals surface area contributed by atoms with E-state index in [1.165, 1.54) is 18.9 Å². The molecule has 0 saturated heterocycles. The highest BCUT2D eigenvalue weighted by Crippen LogP contribution is 2.26. The van der Waals surface area contributed by atoms with Gasteiger partial charge in [0.05, 0.1) is 18.2 Å². The van der Waals surface area contributed by atoms with Crippen LogP contribution in [-0.4, -0.2) is 60.2 Å². The van der Waals surface area contributed by atoms with E-state index in [2.05, 4.69) is 24.9 Å². The Labute approximate surface area is 160 Å². The van der Waals surface area contributed by atoms with Crippen LogP contribution < -0.4 is 11.3 Å². The Balaban J connectivity index is 0.000000381. The van der Waals surface area contributed by atoms with Crippen molar-refractivity contribution in [3.8, 4) is 0 Å². The zero-order valence-electron chi connectivity index (χ0n) is 14.1. The molecule has 0 unspecified atom stereocenters. The van der Waals surface area contributed by atoms with Gasteiger partial charge in [-0.25, -0.2) is 19.1 Å². The lowest BCUT2D eigenvalue weighted by Crippen LogP contribution is -2.10. The van der Waals surface area contributed by atoms with Crippen molar-refractivity contribution in [2.45, 2.75) is 0 Å². The van der Waals surface area contributed by atoms with E-state index in [-0.39, 0.29) is 5.56 Å². The molecule has 160 valence electrons. The predicted octanol–water partition coefficient (Wildman–Crippen LogP) is -2.03. The number of fused-ring (bicyclic) bond motifs is 1. The van der Waals surface area contributed by atoms with Crippen LogP contribution in [0, 0.1) is 0 Å². The molecule has 3 aromatic heterocycles. The van der Waals surface area contributed by atoms with Crippen LogP contribution >= 0.6 is 15.6 Å². The minimum absolute atomic E-state index is 0.192. The number of hydrogen-bond acceptors (Lipinski definition) is 7. The van der Waals surface area contributed by atoms with Gasteiger partial charge in [-0.3, -0.25) is 14.6 Å². The first-order valence-electron chi connectivity index (χ1n) is 6.81. The van der Waals surface area contributed by atoms with Crippen LogP contribution in [0.5, 0.6) is 0 Å². The number of carbonyl (C=O) groups is 1. The molecule has 0 spiro atoms. The normalized spacial score (nSPS) is 10.4. The van der Waals surface area contributed by atoms with Gasteiger partial charge in [0.1, 0.15) is 0 Å². The predicted molar refractivity (Wildman–Crippen MR) is 95.8 cm³/mol. The summed E-state index contributed by atoms with van der Waals surface area (Å²) >= 11 is 0. The molecule has 0 aliphatic carbocycles. The van der Waals surface area contributed by atoms with Gasteiger partial charge in [-0.05, 0) is 12.1 Å². The standard InChI is InChI=1S/C6H6N2O.C5H4N4O.2H3O4P/c7-6(9)5-2-1-3-8-4-5;10-5-3-4(7-1-6-3)8-2-9-5;2*1-5(2,3)4/h1-4H,(H2,7,9);1-2H,(H2,6,7,8,9,10);2*(H3,1,2,3,4). The number of aromatic nitrogens is 5. The molecule has 0 saturated carbocycles. The molecule has 0 bridgehead atoms. The van der Waals surface area contributed by atoms with Crippen molar-refractivity contribution < 1.29 is 43.3 Å². The first kappa shape index (κ1) is 26.2. The third-order valence-electron chi connectivity index (χ3n) is 2.17. The van der Waals surface area contributed by atoms with E-state index in [4.69, 9.17) is 44.2 Å². The zero-order valence-corrected chi connectivity index (χ0v) is 15.9. The Morgan fingerprint density at radius 3 is 1.79 bits per heavy atom. The smallest absolute Gasteiger partial charge is 0.366 e. The van der Waals surface area contributed by atoms with Crippen molar-refractivity contribution in [1.29, 1.82) is 0 Å². The summed E-state index contributed by atoms with van der Waals surface area (Å²) < 4.78 is 17.8. The second-order valence-corrected chi connectivity index (χ2v) is 6.52. The number of imidazole rings is 1. The number of nitrogens with zero attached hydrogens (tertiary/aromatic N) is 3. The fourth-order valence-electron chi connectivity index (χ4n) is 1.28. The van der Waals surface area contributed by atoms with Gasteiger partial charge in [-0.1, -0.05) is 0 Å². The average molecular weight is 454 g/mol. The minimum atomic E-state index is -4.64. The molecule has 1 amide bonds. The monoisotopic (exact) mass is 454 g/mol. The van der Waals surface area contributed by atoms with E-state index in [1.807, 2.05) is 0 Å². The molecule has 0 aliphatic rings. The summed E-state index contributed by atoms with van der Waals surface area (Å²) in [5.74, 6) is -0.442. The van der Waals surface area contributed by atoms with Crippen LogP contribution in [0.25, 0.3) is 11.2 Å². The Bertz CT molecular complexity index is 1010. The van der Waals surface area contributed by atoms with Gasteiger partial charge in [-0.2, -0.15) is 0 Å². The van der Waals surface area contributed by atoms with E-state index < -0.39 is 21.6 Å². The molecule has 10 N–H and O–H groups in total. The van der Waals surface area contributed by atoms with Crippen LogP contribution in [0.15, 0.2) is 42.0 Å². The molecule has 18 heteroatoms. The quantitative estimate of drug-likeness (QED) is 0.179. The lowest BCUT2D eigenvalue weighted by Gasteiger charge is -1.88. The van der Waals surface area contributed by atoms with E-state index in [0.717, 1.165) is 0 Å². The van der Waals surface area contributed by atoms with Crippen LogP contribution in [0.1, 0.15) is 10.4 Å². The summed E-state index contributed by atoms with van der Waals surface area (Å²) in [5.41, 5.74) is 6.05. The van der Waals surface area contributed by atoms with E-state index in [0.29, 0.717) is 16.7 Å². The Morgan fingerprint density at radius 1 is 0.966 bits per heavy atom. The number of carbonyl (C=O) groups excluding carboxylic acids is 1. The molecule has 0 radical (unpaired) electrons. The van der Waals surface area contributed by atoms with Gasteiger partial charge in [0, 0.05) is 12.4 Å². The molecule has 29 heavy (non-hydrogen) atoms. The molecule has 0 aromatic carbocycles. The summed E-state index contributed by atoms with van der Waals surface area (Å²) in [6, 6.07) is 3.29.